The lowest BCUT2D eigenvalue weighted by atomic mass is 9.85. The SMILES string of the molecule is CCOc1ccccc1C(C)NC1CCC(C(=O)O)CC1. The van der Waals surface area contributed by atoms with E-state index in [1.807, 2.05) is 25.1 Å². The van der Waals surface area contributed by atoms with Gasteiger partial charge in [-0.1, -0.05) is 18.2 Å². The summed E-state index contributed by atoms with van der Waals surface area (Å²) in [7, 11) is 0. The summed E-state index contributed by atoms with van der Waals surface area (Å²) in [5.74, 6) is 0.122. The van der Waals surface area contributed by atoms with Crippen LogP contribution in [0.5, 0.6) is 5.75 Å². The molecule has 116 valence electrons. The topological polar surface area (TPSA) is 58.6 Å². The predicted octanol–water partition coefficient (Wildman–Crippen LogP) is 3.38. The van der Waals surface area contributed by atoms with Crippen molar-refractivity contribution in [1.29, 1.82) is 0 Å². The number of aliphatic carboxylic acids is 1. The molecule has 1 aliphatic rings. The maximum atomic E-state index is 11.0. The van der Waals surface area contributed by atoms with Gasteiger partial charge in [-0.3, -0.25) is 4.79 Å². The molecule has 0 heterocycles. The minimum atomic E-state index is -0.650. The van der Waals surface area contributed by atoms with Crippen LogP contribution in [0.3, 0.4) is 0 Å². The molecule has 1 aromatic rings. The molecule has 1 atom stereocenters. The third-order valence-electron chi connectivity index (χ3n) is 4.25. The number of hydrogen-bond acceptors (Lipinski definition) is 3. The van der Waals surface area contributed by atoms with E-state index in [1.54, 1.807) is 0 Å². The molecule has 0 saturated heterocycles. The average Bonchev–Trinajstić information content (AvgIpc) is 2.48. The fraction of sp³-hybridized carbons (Fsp3) is 0.588. The van der Waals surface area contributed by atoms with Crippen molar-refractivity contribution in [3.8, 4) is 5.75 Å². The summed E-state index contributed by atoms with van der Waals surface area (Å²) in [6, 6.07) is 8.70. The number of nitrogens with one attached hydrogen (secondary N) is 1. The van der Waals surface area contributed by atoms with Gasteiger partial charge in [-0.25, -0.2) is 0 Å². The van der Waals surface area contributed by atoms with Crippen molar-refractivity contribution in [2.75, 3.05) is 6.61 Å². The number of hydrogen-bond donors (Lipinski definition) is 2. The zero-order chi connectivity index (χ0) is 15.2. The van der Waals surface area contributed by atoms with Gasteiger partial charge < -0.3 is 15.2 Å². The van der Waals surface area contributed by atoms with Gasteiger partial charge in [0, 0.05) is 17.6 Å². The fourth-order valence-electron chi connectivity index (χ4n) is 3.08. The van der Waals surface area contributed by atoms with Crippen LogP contribution >= 0.6 is 0 Å². The van der Waals surface area contributed by atoms with Gasteiger partial charge in [-0.15, -0.1) is 0 Å². The highest BCUT2D eigenvalue weighted by atomic mass is 16.5. The first-order valence-corrected chi connectivity index (χ1v) is 7.82. The molecule has 0 aromatic heterocycles. The molecule has 2 N–H and O–H groups in total. The van der Waals surface area contributed by atoms with Crippen molar-refractivity contribution < 1.29 is 14.6 Å². The molecule has 1 aromatic carbocycles. The lowest BCUT2D eigenvalue weighted by molar-refractivity contribution is -0.142. The van der Waals surface area contributed by atoms with Crippen LogP contribution in [0.2, 0.25) is 0 Å². The molecule has 1 aliphatic carbocycles. The van der Waals surface area contributed by atoms with Crippen LogP contribution < -0.4 is 10.1 Å². The summed E-state index contributed by atoms with van der Waals surface area (Å²) < 4.78 is 5.68. The second-order valence-electron chi connectivity index (χ2n) is 5.75. The first kappa shape index (κ1) is 15.8. The number of ether oxygens (including phenoxy) is 1. The van der Waals surface area contributed by atoms with Crippen molar-refractivity contribution in [3.05, 3.63) is 29.8 Å². The van der Waals surface area contributed by atoms with Crippen LogP contribution in [0.4, 0.5) is 0 Å². The van der Waals surface area contributed by atoms with E-state index in [2.05, 4.69) is 18.3 Å². The van der Waals surface area contributed by atoms with E-state index < -0.39 is 5.97 Å². The number of carboxylic acid groups (broad SMARTS) is 1. The Morgan fingerprint density at radius 3 is 2.62 bits per heavy atom. The van der Waals surface area contributed by atoms with Gasteiger partial charge in [0.05, 0.1) is 12.5 Å². The second kappa shape index (κ2) is 7.46. The molecule has 2 rings (SSSR count). The number of rotatable bonds is 6. The fourth-order valence-corrected chi connectivity index (χ4v) is 3.08. The van der Waals surface area contributed by atoms with Crippen molar-refractivity contribution in [2.45, 2.75) is 51.6 Å². The molecule has 0 bridgehead atoms. The third kappa shape index (κ3) is 4.21. The summed E-state index contributed by atoms with van der Waals surface area (Å²) >= 11 is 0. The van der Waals surface area contributed by atoms with E-state index in [0.717, 1.165) is 31.4 Å². The van der Waals surface area contributed by atoms with Crippen molar-refractivity contribution >= 4 is 5.97 Å². The molecular formula is C17H25NO3. The zero-order valence-electron chi connectivity index (χ0n) is 12.8. The Balaban J connectivity index is 1.93. The molecule has 0 aliphatic heterocycles. The first-order chi connectivity index (χ1) is 10.1. The molecule has 1 fully saturated rings. The lowest BCUT2D eigenvalue weighted by Gasteiger charge is -2.30. The van der Waals surface area contributed by atoms with Crippen LogP contribution in [0.1, 0.15) is 51.1 Å². The van der Waals surface area contributed by atoms with Crippen LogP contribution in [0.15, 0.2) is 24.3 Å². The molecule has 0 spiro atoms. The molecule has 0 radical (unpaired) electrons. The van der Waals surface area contributed by atoms with E-state index in [-0.39, 0.29) is 12.0 Å². The van der Waals surface area contributed by atoms with Gasteiger partial charge in [0.25, 0.3) is 0 Å². The quantitative estimate of drug-likeness (QED) is 0.843. The molecule has 21 heavy (non-hydrogen) atoms. The number of carbonyl (C=O) groups is 1. The number of benzene rings is 1. The third-order valence-corrected chi connectivity index (χ3v) is 4.25. The van der Waals surface area contributed by atoms with Crippen LogP contribution in [0.25, 0.3) is 0 Å². The smallest absolute Gasteiger partial charge is 0.306 e. The van der Waals surface area contributed by atoms with E-state index in [9.17, 15) is 4.79 Å². The molecule has 1 unspecified atom stereocenters. The summed E-state index contributed by atoms with van der Waals surface area (Å²) in [6.45, 7) is 4.79. The van der Waals surface area contributed by atoms with E-state index >= 15 is 0 Å². The molecule has 4 heteroatoms. The van der Waals surface area contributed by atoms with Gasteiger partial charge in [0.2, 0.25) is 0 Å². The predicted molar refractivity (Wildman–Crippen MR) is 82.5 cm³/mol. The maximum Gasteiger partial charge on any atom is 0.306 e. The molecule has 1 saturated carbocycles. The van der Waals surface area contributed by atoms with Gasteiger partial charge in [-0.2, -0.15) is 0 Å². The van der Waals surface area contributed by atoms with Crippen LogP contribution in [-0.2, 0) is 4.79 Å². The summed E-state index contributed by atoms with van der Waals surface area (Å²) in [4.78, 5) is 11.0. The Labute approximate surface area is 126 Å². The summed E-state index contributed by atoms with van der Waals surface area (Å²) in [5.41, 5.74) is 1.17. The highest BCUT2D eigenvalue weighted by molar-refractivity contribution is 5.70. The van der Waals surface area contributed by atoms with E-state index in [0.29, 0.717) is 12.6 Å². The van der Waals surface area contributed by atoms with Crippen molar-refractivity contribution in [1.82, 2.24) is 5.32 Å². The van der Waals surface area contributed by atoms with Gasteiger partial charge in [-0.05, 0) is 45.6 Å². The van der Waals surface area contributed by atoms with E-state index in [4.69, 9.17) is 9.84 Å². The Morgan fingerprint density at radius 1 is 1.33 bits per heavy atom. The molecule has 4 nitrogen and oxygen atoms in total. The Bertz CT molecular complexity index is 467. The number of carboxylic acids is 1. The molecule has 0 amide bonds. The van der Waals surface area contributed by atoms with Gasteiger partial charge in [0.1, 0.15) is 5.75 Å². The van der Waals surface area contributed by atoms with Crippen molar-refractivity contribution in [2.24, 2.45) is 5.92 Å². The molecular weight excluding hydrogens is 266 g/mol. The highest BCUT2D eigenvalue weighted by Crippen LogP contribution is 2.29. The Kier molecular flexibility index (Phi) is 5.62. The monoisotopic (exact) mass is 291 g/mol. The highest BCUT2D eigenvalue weighted by Gasteiger charge is 2.27. The van der Waals surface area contributed by atoms with Crippen LogP contribution in [0, 0.1) is 5.92 Å². The first-order valence-electron chi connectivity index (χ1n) is 7.82. The minimum absolute atomic E-state index is 0.158. The normalized spacial score (nSPS) is 23.5. The summed E-state index contributed by atoms with van der Waals surface area (Å²) in [5, 5.41) is 12.7. The lowest BCUT2D eigenvalue weighted by Crippen LogP contribution is -2.36. The standard InChI is InChI=1S/C17H25NO3/c1-3-21-16-7-5-4-6-15(16)12(2)18-14-10-8-13(9-11-14)17(19)20/h4-7,12-14,18H,3,8-11H2,1-2H3,(H,19,20). The Morgan fingerprint density at radius 2 is 2.00 bits per heavy atom. The van der Waals surface area contributed by atoms with Crippen LogP contribution in [-0.4, -0.2) is 23.7 Å². The number of para-hydroxylation sites is 1. The van der Waals surface area contributed by atoms with Crippen molar-refractivity contribution in [3.63, 3.8) is 0 Å². The van der Waals surface area contributed by atoms with Gasteiger partial charge in [0.15, 0.2) is 0 Å². The maximum absolute atomic E-state index is 11.0. The van der Waals surface area contributed by atoms with E-state index in [1.165, 1.54) is 5.56 Å². The second-order valence-corrected chi connectivity index (χ2v) is 5.75. The Hall–Kier alpha value is -1.55. The largest absolute Gasteiger partial charge is 0.494 e. The average molecular weight is 291 g/mol. The zero-order valence-corrected chi connectivity index (χ0v) is 12.8. The summed E-state index contributed by atoms with van der Waals surface area (Å²) in [6.07, 6.45) is 3.40. The van der Waals surface area contributed by atoms with Gasteiger partial charge >= 0.3 is 5.97 Å². The minimum Gasteiger partial charge on any atom is -0.494 e.